The second kappa shape index (κ2) is 14.9. The van der Waals surface area contributed by atoms with Gasteiger partial charge in [-0.25, -0.2) is 9.59 Å². The minimum absolute atomic E-state index is 0.0722. The van der Waals surface area contributed by atoms with Crippen LogP contribution >= 0.6 is 0 Å². The van der Waals surface area contributed by atoms with Crippen molar-refractivity contribution in [1.29, 1.82) is 0 Å². The van der Waals surface area contributed by atoms with Crippen LogP contribution in [0.25, 0.3) is 10.9 Å². The van der Waals surface area contributed by atoms with Gasteiger partial charge in [-0.3, -0.25) is 9.69 Å². The van der Waals surface area contributed by atoms with Crippen molar-refractivity contribution in [2.75, 3.05) is 32.7 Å². The zero-order chi connectivity index (χ0) is 33.5. The number of rotatable bonds is 13. The van der Waals surface area contributed by atoms with Gasteiger partial charge in [-0.2, -0.15) is 0 Å². The number of urea groups is 1. The molecule has 1 aromatic heterocycles. The summed E-state index contributed by atoms with van der Waals surface area (Å²) in [5.74, 6) is -0.185. The Kier molecular flexibility index (Phi) is 10.3. The molecule has 0 aliphatic carbocycles. The van der Waals surface area contributed by atoms with Gasteiger partial charge in [-0.05, 0) is 48.6 Å². The molecule has 2 N–H and O–H groups in total. The smallest absolute Gasteiger partial charge is 0.410 e. The molecule has 2 saturated heterocycles. The number of benzene rings is 3. The van der Waals surface area contributed by atoms with Crippen LogP contribution in [0.4, 0.5) is 9.59 Å². The molecular weight excluding hydrogens is 602 g/mol. The van der Waals surface area contributed by atoms with Gasteiger partial charge in [0.15, 0.2) is 0 Å². The monoisotopic (exact) mass is 647 g/mol. The van der Waals surface area contributed by atoms with Gasteiger partial charge in [0, 0.05) is 61.2 Å². The Balaban J connectivity index is 1.07. The molecule has 2 fully saturated rings. The number of nitrogens with one attached hydrogen (secondary N) is 2. The highest BCUT2D eigenvalue weighted by molar-refractivity contribution is 6.04. The molecule has 9 heteroatoms. The molecule has 9 nitrogen and oxygen atoms in total. The van der Waals surface area contributed by atoms with Gasteiger partial charge in [0.25, 0.3) is 5.91 Å². The molecule has 48 heavy (non-hydrogen) atoms. The molecule has 2 atom stereocenters. The fourth-order valence-electron chi connectivity index (χ4n) is 7.06. The van der Waals surface area contributed by atoms with Crippen LogP contribution in [0.3, 0.4) is 0 Å². The number of carbonyl (C=O) groups is 3. The zero-order valence-corrected chi connectivity index (χ0v) is 27.6. The van der Waals surface area contributed by atoms with Gasteiger partial charge in [0.05, 0.1) is 0 Å². The lowest BCUT2D eigenvalue weighted by Gasteiger charge is -2.40. The maximum absolute atomic E-state index is 13.7. The molecule has 0 saturated carbocycles. The fraction of sp³-hybridized carbons (Fsp3) is 0.359. The first-order valence-electron chi connectivity index (χ1n) is 16.9. The molecule has 2 aliphatic heterocycles. The third kappa shape index (κ3) is 7.47. The molecule has 4 aromatic rings. The van der Waals surface area contributed by atoms with Gasteiger partial charge in [0.1, 0.15) is 12.6 Å². The Morgan fingerprint density at radius 3 is 2.42 bits per heavy atom. The Morgan fingerprint density at radius 2 is 1.69 bits per heavy atom. The first kappa shape index (κ1) is 33.0. The minimum Gasteiger partial charge on any atom is -0.445 e. The summed E-state index contributed by atoms with van der Waals surface area (Å²) in [6.45, 7) is 9.48. The molecule has 0 bridgehead atoms. The predicted octanol–water partition coefficient (Wildman–Crippen LogP) is 6.27. The van der Waals surface area contributed by atoms with Crippen LogP contribution < -0.4 is 5.32 Å². The van der Waals surface area contributed by atoms with Crippen molar-refractivity contribution in [3.8, 4) is 0 Å². The van der Waals surface area contributed by atoms with Gasteiger partial charge < -0.3 is 24.8 Å². The average Bonchev–Trinajstić information content (AvgIpc) is 3.65. The van der Waals surface area contributed by atoms with Gasteiger partial charge in [0.2, 0.25) is 0 Å². The Labute approximate surface area is 282 Å². The number of para-hydroxylation sites is 1. The highest BCUT2D eigenvalue weighted by Gasteiger charge is 2.42. The quantitative estimate of drug-likeness (QED) is 0.132. The first-order chi connectivity index (χ1) is 23.3. The first-order valence-corrected chi connectivity index (χ1v) is 16.9. The van der Waals surface area contributed by atoms with Crippen LogP contribution in [-0.2, 0) is 28.0 Å². The van der Waals surface area contributed by atoms with E-state index in [0.717, 1.165) is 66.5 Å². The molecule has 6 rings (SSSR count). The molecule has 0 radical (unpaired) electrons. The molecule has 0 spiro atoms. The Hall–Kier alpha value is -4.89. The summed E-state index contributed by atoms with van der Waals surface area (Å²) in [5, 5.41) is 4.02. The minimum atomic E-state index is -0.603. The van der Waals surface area contributed by atoms with Crippen molar-refractivity contribution in [3.05, 3.63) is 120 Å². The second-order valence-corrected chi connectivity index (χ2v) is 13.2. The largest absolute Gasteiger partial charge is 0.445 e. The predicted molar refractivity (Wildman–Crippen MR) is 187 cm³/mol. The number of H-pyrrole nitrogens is 1. The van der Waals surface area contributed by atoms with E-state index in [9.17, 15) is 14.4 Å². The van der Waals surface area contributed by atoms with E-state index in [2.05, 4.69) is 40.8 Å². The number of ether oxygens (including phenoxy) is 1. The normalized spacial score (nSPS) is 18.4. The van der Waals surface area contributed by atoms with Crippen LogP contribution in [0.15, 0.2) is 104 Å². The van der Waals surface area contributed by atoms with Crippen LogP contribution in [0, 0.1) is 0 Å². The number of likely N-dealkylation sites (tertiary alicyclic amines) is 1. The summed E-state index contributed by atoms with van der Waals surface area (Å²) in [6.07, 6.45) is 6.23. The van der Waals surface area contributed by atoms with Crippen LogP contribution in [0.2, 0.25) is 0 Å². The lowest BCUT2D eigenvalue weighted by molar-refractivity contribution is -0.128. The zero-order valence-electron chi connectivity index (χ0n) is 27.6. The molecule has 3 aromatic carbocycles. The van der Waals surface area contributed by atoms with E-state index < -0.39 is 11.5 Å². The van der Waals surface area contributed by atoms with Crippen molar-refractivity contribution in [1.82, 2.24) is 25.0 Å². The number of nitrogens with zero attached hydrogens (tertiary/aromatic N) is 3. The second-order valence-electron chi connectivity index (χ2n) is 13.2. The van der Waals surface area contributed by atoms with E-state index in [1.807, 2.05) is 79.0 Å². The molecule has 2 aliphatic rings. The SMILES string of the molecule is C=CCN(C(=O)OCc1ccccc1)C1CCN(CCC(C)(CN2C(=O)N[C@H](Cc3c[nH]c4ccccc34)C2=O)c2ccccc2)CC1. The number of imide groups is 1. The van der Waals surface area contributed by atoms with E-state index in [-0.39, 0.29) is 30.7 Å². The number of aromatic amines is 1. The summed E-state index contributed by atoms with van der Waals surface area (Å²) in [7, 11) is 0. The van der Waals surface area contributed by atoms with E-state index in [4.69, 9.17) is 4.74 Å². The van der Waals surface area contributed by atoms with E-state index >= 15 is 0 Å². The number of aromatic nitrogens is 1. The molecule has 1 unspecified atom stereocenters. The van der Waals surface area contributed by atoms with Gasteiger partial charge in [-0.15, -0.1) is 6.58 Å². The Morgan fingerprint density at radius 1 is 1.00 bits per heavy atom. The molecule has 4 amide bonds. The molecule has 250 valence electrons. The van der Waals surface area contributed by atoms with E-state index in [0.29, 0.717) is 19.5 Å². The molecule has 3 heterocycles. The Bertz CT molecular complexity index is 1720. The van der Waals surface area contributed by atoms with Crippen molar-refractivity contribution < 1.29 is 19.1 Å². The molecular formula is C39H45N5O4. The summed E-state index contributed by atoms with van der Waals surface area (Å²) >= 11 is 0. The third-order valence-corrected chi connectivity index (χ3v) is 9.93. The van der Waals surface area contributed by atoms with Crippen molar-refractivity contribution in [3.63, 3.8) is 0 Å². The van der Waals surface area contributed by atoms with Crippen LogP contribution in [-0.4, -0.2) is 82.5 Å². The summed E-state index contributed by atoms with van der Waals surface area (Å²) in [5.41, 5.74) is 3.63. The number of hydrogen-bond acceptors (Lipinski definition) is 5. The van der Waals surface area contributed by atoms with Crippen molar-refractivity contribution >= 4 is 28.9 Å². The topological polar surface area (TPSA) is 98.0 Å². The summed E-state index contributed by atoms with van der Waals surface area (Å²) in [6, 6.07) is 27.0. The highest BCUT2D eigenvalue weighted by Crippen LogP contribution is 2.32. The highest BCUT2D eigenvalue weighted by atomic mass is 16.6. The maximum Gasteiger partial charge on any atom is 0.410 e. The summed E-state index contributed by atoms with van der Waals surface area (Å²) < 4.78 is 5.66. The van der Waals surface area contributed by atoms with Gasteiger partial charge in [-0.1, -0.05) is 91.9 Å². The summed E-state index contributed by atoms with van der Waals surface area (Å²) in [4.78, 5) is 48.9. The lowest BCUT2D eigenvalue weighted by Crippen LogP contribution is -2.49. The van der Waals surface area contributed by atoms with E-state index in [1.165, 1.54) is 4.90 Å². The fourth-order valence-corrected chi connectivity index (χ4v) is 7.06. The van der Waals surface area contributed by atoms with E-state index in [1.54, 1.807) is 11.0 Å². The maximum atomic E-state index is 13.7. The average molecular weight is 648 g/mol. The standard InChI is InChI=1S/C39H45N5O4/c1-3-21-43(38(47)48-27-29-12-6-4-7-13-29)32-18-22-42(23-19-32)24-20-39(2,31-14-8-5-9-15-31)28-44-36(45)35(41-37(44)46)25-30-26-40-34-17-11-10-16-33(30)34/h3-17,26,32,35,40H,1,18-25,27-28H2,2H3,(H,41,46)/t35-,39?/m1/s1. The number of fused-ring (bicyclic) bond motifs is 1. The van der Waals surface area contributed by atoms with Crippen LogP contribution in [0.5, 0.6) is 0 Å². The van der Waals surface area contributed by atoms with Crippen molar-refractivity contribution in [2.45, 2.75) is 56.7 Å². The number of piperidine rings is 1. The number of carbonyl (C=O) groups excluding carboxylic acids is 3. The lowest BCUT2D eigenvalue weighted by atomic mass is 9.78. The van der Waals surface area contributed by atoms with Crippen molar-refractivity contribution in [2.24, 2.45) is 0 Å². The number of hydrogen-bond donors (Lipinski definition) is 2. The van der Waals surface area contributed by atoms with Crippen LogP contribution in [0.1, 0.15) is 42.9 Å². The third-order valence-electron chi connectivity index (χ3n) is 9.93. The van der Waals surface area contributed by atoms with Gasteiger partial charge >= 0.3 is 12.1 Å². The number of amides is 4.